The van der Waals surface area contributed by atoms with Crippen LogP contribution in [0.5, 0.6) is 0 Å². The van der Waals surface area contributed by atoms with Crippen LogP contribution in [0.25, 0.3) is 0 Å². The Morgan fingerprint density at radius 3 is 2.72 bits per heavy atom. The van der Waals surface area contributed by atoms with Gasteiger partial charge in [-0.15, -0.1) is 0 Å². The van der Waals surface area contributed by atoms with Crippen molar-refractivity contribution in [2.45, 2.75) is 18.6 Å². The highest BCUT2D eigenvalue weighted by atomic mass is 127. The lowest BCUT2D eigenvalue weighted by Crippen LogP contribution is -2.40. The van der Waals surface area contributed by atoms with Gasteiger partial charge < -0.3 is 15.1 Å². The molecule has 0 unspecified atom stereocenters. The average molecular weight is 361 g/mol. The summed E-state index contributed by atoms with van der Waals surface area (Å²) in [5, 5.41) is 18.6. The summed E-state index contributed by atoms with van der Waals surface area (Å²) in [7, 11) is 0. The Bertz CT molecular complexity index is 491. The smallest absolute Gasteiger partial charge is 0.326 e. The van der Waals surface area contributed by atoms with E-state index in [2.05, 4.69) is 22.6 Å². The van der Waals surface area contributed by atoms with Crippen LogP contribution in [-0.2, 0) is 4.79 Å². The molecule has 2 atom stereocenters. The lowest BCUT2D eigenvalue weighted by molar-refractivity contribution is -0.141. The summed E-state index contributed by atoms with van der Waals surface area (Å²) in [5.74, 6) is -1.43. The molecule has 1 saturated heterocycles. The van der Waals surface area contributed by atoms with Crippen molar-refractivity contribution in [2.75, 3.05) is 6.54 Å². The van der Waals surface area contributed by atoms with Gasteiger partial charge >= 0.3 is 5.97 Å². The van der Waals surface area contributed by atoms with Crippen LogP contribution in [0, 0.1) is 3.57 Å². The number of nitrogens with zero attached hydrogens (tertiary/aromatic N) is 1. The van der Waals surface area contributed by atoms with E-state index in [1.165, 1.54) is 4.90 Å². The lowest BCUT2D eigenvalue weighted by Gasteiger charge is -2.21. The molecule has 1 aliphatic heterocycles. The normalized spacial score (nSPS) is 23.1. The highest BCUT2D eigenvalue weighted by Crippen LogP contribution is 2.21. The molecule has 2 rings (SSSR count). The first-order valence-corrected chi connectivity index (χ1v) is 6.54. The number of aliphatic hydroxyl groups is 1. The van der Waals surface area contributed by atoms with Crippen molar-refractivity contribution in [1.82, 2.24) is 4.90 Å². The zero-order valence-electron chi connectivity index (χ0n) is 9.41. The molecule has 0 saturated carbocycles. The van der Waals surface area contributed by atoms with Gasteiger partial charge in [0.2, 0.25) is 0 Å². The molecule has 5 nitrogen and oxygen atoms in total. The summed E-state index contributed by atoms with van der Waals surface area (Å²) in [4.78, 5) is 24.5. The molecule has 18 heavy (non-hydrogen) atoms. The second kappa shape index (κ2) is 5.23. The number of hydrogen-bond donors (Lipinski definition) is 2. The molecular weight excluding hydrogens is 349 g/mol. The van der Waals surface area contributed by atoms with Crippen LogP contribution in [0.15, 0.2) is 24.3 Å². The van der Waals surface area contributed by atoms with Crippen molar-refractivity contribution in [1.29, 1.82) is 0 Å². The number of halogens is 1. The topological polar surface area (TPSA) is 77.8 Å². The fraction of sp³-hybridized carbons (Fsp3) is 0.333. The summed E-state index contributed by atoms with van der Waals surface area (Å²) in [6.07, 6.45) is -0.678. The molecule has 1 aliphatic rings. The van der Waals surface area contributed by atoms with Crippen LogP contribution >= 0.6 is 22.6 Å². The third kappa shape index (κ3) is 2.64. The Hall–Kier alpha value is -1.15. The molecule has 1 amide bonds. The van der Waals surface area contributed by atoms with E-state index in [1.807, 2.05) is 6.07 Å². The monoisotopic (exact) mass is 361 g/mol. The van der Waals surface area contributed by atoms with Gasteiger partial charge in [0, 0.05) is 22.1 Å². The van der Waals surface area contributed by atoms with Gasteiger partial charge in [-0.2, -0.15) is 0 Å². The highest BCUT2D eigenvalue weighted by molar-refractivity contribution is 14.1. The Morgan fingerprint density at radius 2 is 2.11 bits per heavy atom. The van der Waals surface area contributed by atoms with Crippen molar-refractivity contribution in [2.24, 2.45) is 0 Å². The molecule has 1 heterocycles. The van der Waals surface area contributed by atoms with Crippen molar-refractivity contribution < 1.29 is 19.8 Å². The van der Waals surface area contributed by atoms with E-state index in [-0.39, 0.29) is 18.9 Å². The minimum absolute atomic E-state index is 0.0707. The highest BCUT2D eigenvalue weighted by Gasteiger charge is 2.39. The van der Waals surface area contributed by atoms with Crippen LogP contribution in [0.1, 0.15) is 16.8 Å². The number of carbonyl (C=O) groups excluding carboxylic acids is 1. The van der Waals surface area contributed by atoms with Crippen molar-refractivity contribution in [3.63, 3.8) is 0 Å². The third-order valence-corrected chi connectivity index (χ3v) is 3.57. The summed E-state index contributed by atoms with van der Waals surface area (Å²) < 4.78 is 0.907. The second-order valence-corrected chi connectivity index (χ2v) is 5.46. The molecule has 0 radical (unpaired) electrons. The van der Waals surface area contributed by atoms with E-state index >= 15 is 0 Å². The quantitative estimate of drug-likeness (QED) is 0.769. The first-order chi connectivity index (χ1) is 8.49. The zero-order chi connectivity index (χ0) is 13.3. The minimum Gasteiger partial charge on any atom is -0.480 e. The number of rotatable bonds is 2. The predicted octanol–water partition coefficient (Wildman–Crippen LogP) is 0.951. The number of benzene rings is 1. The summed E-state index contributed by atoms with van der Waals surface area (Å²) in [6.45, 7) is 0.0707. The van der Waals surface area contributed by atoms with Crippen LogP contribution in [0.3, 0.4) is 0 Å². The van der Waals surface area contributed by atoms with Crippen LogP contribution in [-0.4, -0.2) is 45.7 Å². The maximum Gasteiger partial charge on any atom is 0.326 e. The zero-order valence-corrected chi connectivity index (χ0v) is 11.6. The Balaban J connectivity index is 2.25. The number of amides is 1. The Kier molecular flexibility index (Phi) is 3.86. The molecule has 96 valence electrons. The van der Waals surface area contributed by atoms with Gasteiger partial charge in [-0.05, 0) is 40.8 Å². The summed E-state index contributed by atoms with van der Waals surface area (Å²) >= 11 is 2.09. The number of likely N-dealkylation sites (tertiary alicyclic amines) is 1. The predicted molar refractivity (Wildman–Crippen MR) is 72.2 cm³/mol. The van der Waals surface area contributed by atoms with E-state index in [9.17, 15) is 14.7 Å². The Labute approximate surface area is 118 Å². The molecule has 0 aliphatic carbocycles. The van der Waals surface area contributed by atoms with Crippen molar-refractivity contribution >= 4 is 34.5 Å². The largest absolute Gasteiger partial charge is 0.480 e. The van der Waals surface area contributed by atoms with E-state index in [4.69, 9.17) is 5.11 Å². The molecule has 6 heteroatoms. The van der Waals surface area contributed by atoms with Crippen LogP contribution < -0.4 is 0 Å². The number of β-amino-alcohol motifs (C(OH)–C–C–N with tert-alkyl or cyclic N) is 1. The standard InChI is InChI=1S/C12H12INO4/c13-8-3-1-2-7(4-8)11(16)14-6-9(15)5-10(14)12(17)18/h1-4,9-10,15H,5-6H2,(H,17,18)/t9-,10+/m1/s1. The molecule has 0 spiro atoms. The van der Waals surface area contributed by atoms with Gasteiger partial charge in [0.05, 0.1) is 6.10 Å². The van der Waals surface area contributed by atoms with Crippen molar-refractivity contribution in [3.05, 3.63) is 33.4 Å². The van der Waals surface area contributed by atoms with E-state index in [0.717, 1.165) is 3.57 Å². The molecule has 2 N–H and O–H groups in total. The third-order valence-electron chi connectivity index (χ3n) is 2.90. The van der Waals surface area contributed by atoms with E-state index < -0.39 is 18.1 Å². The summed E-state index contributed by atoms with van der Waals surface area (Å²) in [6, 6.07) is 6.01. The molecule has 1 aromatic carbocycles. The summed E-state index contributed by atoms with van der Waals surface area (Å²) in [5.41, 5.74) is 0.447. The van der Waals surface area contributed by atoms with Crippen LogP contribution in [0.4, 0.5) is 0 Å². The van der Waals surface area contributed by atoms with Gasteiger partial charge in [0.1, 0.15) is 6.04 Å². The van der Waals surface area contributed by atoms with Gasteiger partial charge in [-0.1, -0.05) is 6.07 Å². The maximum atomic E-state index is 12.2. The van der Waals surface area contributed by atoms with Gasteiger partial charge in [-0.3, -0.25) is 4.79 Å². The lowest BCUT2D eigenvalue weighted by atomic mass is 10.1. The fourth-order valence-corrected chi connectivity index (χ4v) is 2.60. The number of carboxylic acids is 1. The number of hydrogen-bond acceptors (Lipinski definition) is 3. The first-order valence-electron chi connectivity index (χ1n) is 5.46. The molecular formula is C12H12INO4. The van der Waals surface area contributed by atoms with Gasteiger partial charge in [0.15, 0.2) is 0 Å². The fourth-order valence-electron chi connectivity index (χ4n) is 2.06. The molecule has 1 fully saturated rings. The van der Waals surface area contributed by atoms with Crippen molar-refractivity contribution in [3.8, 4) is 0 Å². The average Bonchev–Trinajstić information content (AvgIpc) is 2.70. The van der Waals surface area contributed by atoms with E-state index in [0.29, 0.717) is 5.56 Å². The van der Waals surface area contributed by atoms with Crippen LogP contribution in [0.2, 0.25) is 0 Å². The number of carboxylic acid groups (broad SMARTS) is 1. The SMILES string of the molecule is O=C(O)[C@@H]1C[C@@H](O)CN1C(=O)c1cccc(I)c1. The minimum atomic E-state index is -1.08. The number of aliphatic hydroxyl groups excluding tert-OH is 1. The first kappa shape index (κ1) is 13.3. The maximum absolute atomic E-state index is 12.2. The second-order valence-electron chi connectivity index (χ2n) is 4.21. The molecule has 0 aromatic heterocycles. The van der Waals surface area contributed by atoms with E-state index in [1.54, 1.807) is 18.2 Å². The molecule has 0 bridgehead atoms. The van der Waals surface area contributed by atoms with Gasteiger partial charge in [0.25, 0.3) is 5.91 Å². The van der Waals surface area contributed by atoms with Gasteiger partial charge in [-0.25, -0.2) is 4.79 Å². The number of carbonyl (C=O) groups is 2. The Morgan fingerprint density at radius 1 is 1.39 bits per heavy atom. The molecule has 1 aromatic rings. The number of aliphatic carboxylic acids is 1.